The third-order valence-electron chi connectivity index (χ3n) is 1.94. The second kappa shape index (κ2) is 7.30. The maximum absolute atomic E-state index is 9.30. The highest BCUT2D eigenvalue weighted by molar-refractivity contribution is 4.52. The predicted octanol–water partition coefficient (Wildman–Crippen LogP) is 2.02. The highest BCUT2D eigenvalue weighted by atomic mass is 16.8. The number of hydrogen-bond donors (Lipinski definition) is 2. The molecule has 0 rings (SSSR count). The molecule has 0 saturated carbocycles. The quantitative estimate of drug-likeness (QED) is 0.455. The van der Waals surface area contributed by atoms with Crippen LogP contribution in [0.2, 0.25) is 0 Å². The maximum Gasteiger partial charge on any atom is 0.277 e. The van der Waals surface area contributed by atoms with Gasteiger partial charge in [0.2, 0.25) is 0 Å². The van der Waals surface area contributed by atoms with Crippen molar-refractivity contribution in [2.45, 2.75) is 58.3 Å². The number of rotatable bonds is 8. The Morgan fingerprint density at radius 1 is 1.00 bits per heavy atom. The molecule has 3 nitrogen and oxygen atoms in total. The van der Waals surface area contributed by atoms with Gasteiger partial charge in [-0.05, 0) is 12.8 Å². The van der Waals surface area contributed by atoms with Gasteiger partial charge < -0.3 is 14.9 Å². The van der Waals surface area contributed by atoms with Crippen molar-refractivity contribution in [1.29, 1.82) is 0 Å². The van der Waals surface area contributed by atoms with Crippen molar-refractivity contribution in [2.75, 3.05) is 6.61 Å². The smallest absolute Gasteiger partial charge is 0.277 e. The predicted molar refractivity (Wildman–Crippen MR) is 52.2 cm³/mol. The monoisotopic (exact) mass is 190 g/mol. The van der Waals surface area contributed by atoms with Crippen molar-refractivity contribution >= 4 is 0 Å². The molecule has 0 aromatic carbocycles. The number of aliphatic hydroxyl groups is 2. The van der Waals surface area contributed by atoms with Crippen LogP contribution >= 0.6 is 0 Å². The number of hydrogen-bond acceptors (Lipinski definition) is 3. The fourth-order valence-corrected chi connectivity index (χ4v) is 1.06. The normalized spacial score (nSPS) is 12.0. The fourth-order valence-electron chi connectivity index (χ4n) is 1.06. The molecule has 0 heterocycles. The van der Waals surface area contributed by atoms with Gasteiger partial charge in [-0.3, -0.25) is 0 Å². The van der Waals surface area contributed by atoms with E-state index in [2.05, 4.69) is 6.92 Å². The van der Waals surface area contributed by atoms with Crippen molar-refractivity contribution < 1.29 is 14.9 Å². The Kier molecular flexibility index (Phi) is 7.23. The van der Waals surface area contributed by atoms with E-state index < -0.39 is 5.97 Å². The third kappa shape index (κ3) is 8.22. The van der Waals surface area contributed by atoms with Gasteiger partial charge in [-0.1, -0.05) is 33.1 Å². The summed E-state index contributed by atoms with van der Waals surface area (Å²) >= 11 is 0. The van der Waals surface area contributed by atoms with E-state index >= 15 is 0 Å². The number of ether oxygens (including phenoxy) is 1. The van der Waals surface area contributed by atoms with E-state index in [1.54, 1.807) is 0 Å². The van der Waals surface area contributed by atoms with Crippen LogP contribution in [0.3, 0.4) is 0 Å². The van der Waals surface area contributed by atoms with E-state index in [9.17, 15) is 10.2 Å². The van der Waals surface area contributed by atoms with Crippen molar-refractivity contribution in [3.05, 3.63) is 0 Å². The van der Waals surface area contributed by atoms with E-state index in [0.29, 0.717) is 13.0 Å². The Balaban J connectivity index is 3.42. The van der Waals surface area contributed by atoms with Gasteiger partial charge >= 0.3 is 0 Å². The van der Waals surface area contributed by atoms with Gasteiger partial charge in [-0.15, -0.1) is 0 Å². The lowest BCUT2D eigenvalue weighted by Gasteiger charge is -2.21. The molecule has 0 amide bonds. The van der Waals surface area contributed by atoms with E-state index in [4.69, 9.17) is 4.74 Å². The highest BCUT2D eigenvalue weighted by Gasteiger charge is 2.22. The topological polar surface area (TPSA) is 49.7 Å². The van der Waals surface area contributed by atoms with Crippen LogP contribution in [0.1, 0.15) is 52.4 Å². The van der Waals surface area contributed by atoms with Gasteiger partial charge in [-0.2, -0.15) is 0 Å². The first-order valence-corrected chi connectivity index (χ1v) is 5.21. The summed E-state index contributed by atoms with van der Waals surface area (Å²) in [5, 5.41) is 18.6. The van der Waals surface area contributed by atoms with Crippen molar-refractivity contribution in [3.8, 4) is 0 Å². The summed E-state index contributed by atoms with van der Waals surface area (Å²) in [6.45, 7) is 4.54. The van der Waals surface area contributed by atoms with Gasteiger partial charge in [-0.25, -0.2) is 0 Å². The second-order valence-electron chi connectivity index (χ2n) is 3.40. The minimum absolute atomic E-state index is 0.310. The first-order valence-electron chi connectivity index (χ1n) is 5.21. The van der Waals surface area contributed by atoms with E-state index in [-0.39, 0.29) is 0 Å². The van der Waals surface area contributed by atoms with Gasteiger partial charge in [0.25, 0.3) is 5.97 Å². The Bertz CT molecular complexity index is 101. The molecule has 0 atom stereocenters. The minimum atomic E-state index is -1.90. The van der Waals surface area contributed by atoms with Crippen LogP contribution in [0.25, 0.3) is 0 Å². The molecule has 13 heavy (non-hydrogen) atoms. The summed E-state index contributed by atoms with van der Waals surface area (Å²) in [7, 11) is 0. The van der Waals surface area contributed by atoms with E-state index in [0.717, 1.165) is 32.1 Å². The highest BCUT2D eigenvalue weighted by Crippen LogP contribution is 2.13. The molecule has 0 aromatic heterocycles. The summed E-state index contributed by atoms with van der Waals surface area (Å²) in [4.78, 5) is 0. The van der Waals surface area contributed by atoms with Crippen LogP contribution in [0.4, 0.5) is 0 Å². The largest absolute Gasteiger partial charge is 0.343 e. The molecule has 0 fully saturated rings. The van der Waals surface area contributed by atoms with Crippen molar-refractivity contribution in [1.82, 2.24) is 0 Å². The molecule has 80 valence electrons. The maximum atomic E-state index is 9.30. The zero-order chi connectivity index (χ0) is 10.2. The molecular weight excluding hydrogens is 168 g/mol. The first kappa shape index (κ1) is 12.9. The molecule has 0 saturated heterocycles. The summed E-state index contributed by atoms with van der Waals surface area (Å²) in [5.74, 6) is -1.90. The molecule has 0 aliphatic heterocycles. The van der Waals surface area contributed by atoms with Crippen molar-refractivity contribution in [2.24, 2.45) is 0 Å². The molecule has 0 aliphatic carbocycles. The van der Waals surface area contributed by atoms with E-state index in [1.165, 1.54) is 0 Å². The van der Waals surface area contributed by atoms with Crippen LogP contribution in [-0.2, 0) is 4.74 Å². The standard InChI is InChI=1S/C10H22O3/c1-3-5-7-8-10(11,12)13-9-6-4-2/h11-12H,3-9H2,1-2H3. The molecule has 2 N–H and O–H groups in total. The third-order valence-corrected chi connectivity index (χ3v) is 1.94. The Morgan fingerprint density at radius 2 is 1.62 bits per heavy atom. The van der Waals surface area contributed by atoms with Crippen molar-refractivity contribution in [3.63, 3.8) is 0 Å². The summed E-state index contributed by atoms with van der Waals surface area (Å²) in [6.07, 6.45) is 5.08. The summed E-state index contributed by atoms with van der Waals surface area (Å²) in [6, 6.07) is 0. The SMILES string of the molecule is CCCCCC(O)(O)OCCCC. The molecule has 0 spiro atoms. The lowest BCUT2D eigenvalue weighted by molar-refractivity contribution is -0.341. The van der Waals surface area contributed by atoms with Gasteiger partial charge in [0.1, 0.15) is 0 Å². The van der Waals surface area contributed by atoms with Gasteiger partial charge in [0.05, 0.1) is 6.61 Å². The Hall–Kier alpha value is -0.120. The molecule has 0 aromatic rings. The summed E-state index contributed by atoms with van der Waals surface area (Å²) < 4.78 is 4.93. The zero-order valence-corrected chi connectivity index (χ0v) is 8.75. The van der Waals surface area contributed by atoms with Crippen LogP contribution in [0.15, 0.2) is 0 Å². The molecule has 3 heteroatoms. The van der Waals surface area contributed by atoms with Gasteiger partial charge in [0, 0.05) is 6.42 Å². The average molecular weight is 190 g/mol. The molecule has 0 aliphatic rings. The van der Waals surface area contributed by atoms with Crippen LogP contribution in [0, 0.1) is 0 Å². The summed E-state index contributed by atoms with van der Waals surface area (Å²) in [5.41, 5.74) is 0. The van der Waals surface area contributed by atoms with E-state index in [1.807, 2.05) is 6.92 Å². The Labute approximate surface area is 80.7 Å². The Morgan fingerprint density at radius 3 is 2.15 bits per heavy atom. The van der Waals surface area contributed by atoms with Crippen LogP contribution in [-0.4, -0.2) is 22.8 Å². The van der Waals surface area contributed by atoms with Crippen LogP contribution < -0.4 is 0 Å². The minimum Gasteiger partial charge on any atom is -0.343 e. The second-order valence-corrected chi connectivity index (χ2v) is 3.40. The fraction of sp³-hybridized carbons (Fsp3) is 1.00. The van der Waals surface area contributed by atoms with Crippen LogP contribution in [0.5, 0.6) is 0 Å². The first-order chi connectivity index (χ1) is 6.12. The average Bonchev–Trinajstić information content (AvgIpc) is 2.05. The molecule has 0 bridgehead atoms. The molecule has 0 radical (unpaired) electrons. The van der Waals surface area contributed by atoms with Gasteiger partial charge in [0.15, 0.2) is 0 Å². The zero-order valence-electron chi connectivity index (χ0n) is 8.75. The number of unbranched alkanes of at least 4 members (excludes halogenated alkanes) is 3. The molecule has 0 unspecified atom stereocenters. The lowest BCUT2D eigenvalue weighted by atomic mass is 10.2. The lowest BCUT2D eigenvalue weighted by Crippen LogP contribution is -2.32. The molecular formula is C10H22O3.